The Labute approximate surface area is 167 Å². The second-order valence-electron chi connectivity index (χ2n) is 8.19. The van der Waals surface area contributed by atoms with Gasteiger partial charge in [-0.05, 0) is 38.7 Å². The standard InChI is InChI=1S/C22H24FN3O3/c1-2-29-22(28)17-11-26(13-6-7-13)19-15-5-3-4-14-8-12(24)10-25(14)20(15)18(23)9-16(19)21(17)27/h3,5,9,11-14H,2,4,6-8,10,24H2,1H3/t12-,14+/m1/s1. The van der Waals surface area contributed by atoms with E-state index in [-0.39, 0.29) is 35.7 Å². The number of anilines is 1. The number of hydrogen-bond donors (Lipinski definition) is 1. The third-order valence-electron chi connectivity index (χ3n) is 6.14. The van der Waals surface area contributed by atoms with Crippen LogP contribution in [0, 0.1) is 5.82 Å². The molecular weight excluding hydrogens is 373 g/mol. The molecule has 0 radical (unpaired) electrons. The zero-order valence-corrected chi connectivity index (χ0v) is 16.4. The fraction of sp³-hybridized carbons (Fsp3) is 0.455. The van der Waals surface area contributed by atoms with Crippen molar-refractivity contribution in [3.05, 3.63) is 45.5 Å². The van der Waals surface area contributed by atoms with E-state index in [0.29, 0.717) is 23.3 Å². The number of benzene rings is 1. The van der Waals surface area contributed by atoms with E-state index in [1.807, 2.05) is 16.7 Å². The van der Waals surface area contributed by atoms with Crippen LogP contribution in [-0.4, -0.2) is 35.8 Å². The van der Waals surface area contributed by atoms with Crippen LogP contribution in [0.2, 0.25) is 0 Å². The van der Waals surface area contributed by atoms with Crippen LogP contribution < -0.4 is 16.1 Å². The molecule has 5 rings (SSSR count). The monoisotopic (exact) mass is 397 g/mol. The highest BCUT2D eigenvalue weighted by Crippen LogP contribution is 2.43. The number of ether oxygens (including phenoxy) is 1. The van der Waals surface area contributed by atoms with Crippen LogP contribution >= 0.6 is 0 Å². The first-order chi connectivity index (χ1) is 14.0. The van der Waals surface area contributed by atoms with Crippen molar-refractivity contribution in [1.82, 2.24) is 4.57 Å². The Balaban J connectivity index is 1.82. The summed E-state index contributed by atoms with van der Waals surface area (Å²) in [6, 6.07) is 1.66. The van der Waals surface area contributed by atoms with Crippen LogP contribution in [0.5, 0.6) is 0 Å². The van der Waals surface area contributed by atoms with E-state index in [1.165, 1.54) is 6.07 Å². The number of nitrogens with two attached hydrogens (primary N) is 1. The molecular formula is C22H24FN3O3. The molecule has 3 heterocycles. The molecule has 3 aliphatic rings. The molecule has 1 aromatic carbocycles. The maximum atomic E-state index is 15.4. The summed E-state index contributed by atoms with van der Waals surface area (Å²) in [5.74, 6) is -1.11. The first kappa shape index (κ1) is 18.4. The molecule has 0 bridgehead atoms. The van der Waals surface area contributed by atoms with Crippen molar-refractivity contribution in [2.24, 2.45) is 5.73 Å². The highest BCUT2D eigenvalue weighted by Gasteiger charge is 2.36. The second kappa shape index (κ2) is 6.69. The quantitative estimate of drug-likeness (QED) is 0.806. The second-order valence-corrected chi connectivity index (χ2v) is 8.19. The molecule has 2 N–H and O–H groups in total. The Morgan fingerprint density at radius 1 is 1.34 bits per heavy atom. The third-order valence-corrected chi connectivity index (χ3v) is 6.14. The minimum absolute atomic E-state index is 0.00580. The van der Waals surface area contributed by atoms with Crippen molar-refractivity contribution in [3.63, 3.8) is 0 Å². The van der Waals surface area contributed by atoms with Gasteiger partial charge in [0.25, 0.3) is 0 Å². The minimum Gasteiger partial charge on any atom is -0.462 e. The molecule has 6 nitrogen and oxygen atoms in total. The van der Waals surface area contributed by atoms with Gasteiger partial charge in [0.2, 0.25) is 5.43 Å². The van der Waals surface area contributed by atoms with E-state index < -0.39 is 17.2 Å². The van der Waals surface area contributed by atoms with Gasteiger partial charge in [0.05, 0.1) is 23.2 Å². The van der Waals surface area contributed by atoms with E-state index in [9.17, 15) is 9.59 Å². The fourth-order valence-corrected chi connectivity index (χ4v) is 4.75. The Morgan fingerprint density at radius 2 is 2.14 bits per heavy atom. The number of halogens is 1. The molecule has 2 fully saturated rings. The van der Waals surface area contributed by atoms with Crippen molar-refractivity contribution in [1.29, 1.82) is 0 Å². The number of rotatable bonds is 3. The number of esters is 1. The van der Waals surface area contributed by atoms with Crippen LogP contribution in [0.25, 0.3) is 17.0 Å². The van der Waals surface area contributed by atoms with E-state index in [4.69, 9.17) is 10.5 Å². The van der Waals surface area contributed by atoms with Gasteiger partial charge in [0.1, 0.15) is 11.4 Å². The van der Waals surface area contributed by atoms with Gasteiger partial charge in [-0.2, -0.15) is 0 Å². The maximum absolute atomic E-state index is 15.4. The van der Waals surface area contributed by atoms with Gasteiger partial charge in [-0.3, -0.25) is 4.79 Å². The first-order valence-electron chi connectivity index (χ1n) is 10.3. The van der Waals surface area contributed by atoms with Crippen molar-refractivity contribution in [2.45, 2.75) is 50.7 Å². The zero-order chi connectivity index (χ0) is 20.3. The number of carbonyl (C=O) groups is 1. The van der Waals surface area contributed by atoms with Crippen molar-refractivity contribution < 1.29 is 13.9 Å². The summed E-state index contributed by atoms with van der Waals surface area (Å²) >= 11 is 0. The van der Waals surface area contributed by atoms with E-state index >= 15 is 4.39 Å². The normalized spacial score (nSPS) is 23.1. The van der Waals surface area contributed by atoms with Gasteiger partial charge < -0.3 is 19.9 Å². The largest absolute Gasteiger partial charge is 0.462 e. The first-order valence-corrected chi connectivity index (χ1v) is 10.3. The van der Waals surface area contributed by atoms with Gasteiger partial charge in [0, 0.05) is 36.4 Å². The SMILES string of the molecule is CCOC(=O)c1cn(C2CC2)c2c3c(c(F)cc2c1=O)N1C[C@H](N)C[C@@H]1CC=C3. The number of fused-ring (bicyclic) bond motifs is 5. The molecule has 0 unspecified atom stereocenters. The molecule has 2 atom stereocenters. The Hall–Kier alpha value is -2.67. The number of pyridine rings is 1. The Bertz CT molecular complexity index is 1100. The zero-order valence-electron chi connectivity index (χ0n) is 16.4. The van der Waals surface area contributed by atoms with Gasteiger partial charge in [-0.15, -0.1) is 0 Å². The van der Waals surface area contributed by atoms with E-state index in [0.717, 1.165) is 25.7 Å². The van der Waals surface area contributed by atoms with Crippen LogP contribution in [0.1, 0.15) is 54.6 Å². The lowest BCUT2D eigenvalue weighted by Gasteiger charge is -2.27. The highest BCUT2D eigenvalue weighted by atomic mass is 19.1. The fourth-order valence-electron chi connectivity index (χ4n) is 4.75. The summed E-state index contributed by atoms with van der Waals surface area (Å²) in [6.45, 7) is 2.47. The topological polar surface area (TPSA) is 77.6 Å². The number of nitrogens with zero attached hydrogens (tertiary/aromatic N) is 2. The molecule has 29 heavy (non-hydrogen) atoms. The lowest BCUT2D eigenvalue weighted by Crippen LogP contribution is -2.31. The van der Waals surface area contributed by atoms with E-state index in [1.54, 1.807) is 13.1 Å². The van der Waals surface area contributed by atoms with Crippen LogP contribution in [-0.2, 0) is 4.74 Å². The molecule has 1 aliphatic carbocycles. The highest BCUT2D eigenvalue weighted by molar-refractivity contribution is 5.99. The Morgan fingerprint density at radius 3 is 2.86 bits per heavy atom. The molecule has 1 aromatic heterocycles. The predicted molar refractivity (Wildman–Crippen MR) is 110 cm³/mol. The number of aromatic nitrogens is 1. The predicted octanol–water partition coefficient (Wildman–Crippen LogP) is 2.98. The molecule has 0 amide bonds. The Kier molecular flexibility index (Phi) is 4.24. The van der Waals surface area contributed by atoms with Crippen molar-refractivity contribution in [2.75, 3.05) is 18.1 Å². The molecule has 152 valence electrons. The molecule has 1 saturated heterocycles. The third kappa shape index (κ3) is 2.87. The van der Waals surface area contributed by atoms with Crippen LogP contribution in [0.15, 0.2) is 23.1 Å². The summed E-state index contributed by atoms with van der Waals surface area (Å²) in [6.07, 6.45) is 9.11. The van der Waals surface area contributed by atoms with Gasteiger partial charge in [0.15, 0.2) is 0 Å². The lowest BCUT2D eigenvalue weighted by molar-refractivity contribution is 0.0524. The number of carbonyl (C=O) groups excluding carboxylic acids is 1. The summed E-state index contributed by atoms with van der Waals surface area (Å²) in [7, 11) is 0. The smallest absolute Gasteiger partial charge is 0.343 e. The van der Waals surface area contributed by atoms with Gasteiger partial charge in [-0.1, -0.05) is 12.2 Å². The van der Waals surface area contributed by atoms with Crippen LogP contribution in [0.3, 0.4) is 0 Å². The van der Waals surface area contributed by atoms with Gasteiger partial charge >= 0.3 is 5.97 Å². The lowest BCUT2D eigenvalue weighted by atomic mass is 10.0. The average Bonchev–Trinajstić information content (AvgIpc) is 3.47. The summed E-state index contributed by atoms with van der Waals surface area (Å²) in [5, 5.41) is 0.227. The molecule has 7 heteroatoms. The average molecular weight is 397 g/mol. The minimum atomic E-state index is -0.662. The van der Waals surface area contributed by atoms with E-state index in [2.05, 4.69) is 4.90 Å². The molecule has 1 saturated carbocycles. The van der Waals surface area contributed by atoms with Gasteiger partial charge in [-0.25, -0.2) is 9.18 Å². The van der Waals surface area contributed by atoms with Crippen molar-refractivity contribution >= 4 is 28.6 Å². The molecule has 0 spiro atoms. The number of hydrogen-bond acceptors (Lipinski definition) is 5. The molecule has 2 aromatic rings. The maximum Gasteiger partial charge on any atom is 0.343 e. The summed E-state index contributed by atoms with van der Waals surface area (Å²) in [4.78, 5) is 27.5. The molecule has 2 aliphatic heterocycles. The van der Waals surface area contributed by atoms with Crippen LogP contribution in [0.4, 0.5) is 10.1 Å². The summed E-state index contributed by atoms with van der Waals surface area (Å²) in [5.41, 5.74) is 7.56. The summed E-state index contributed by atoms with van der Waals surface area (Å²) < 4.78 is 22.4. The van der Waals surface area contributed by atoms with Crippen molar-refractivity contribution in [3.8, 4) is 0 Å².